The van der Waals surface area contributed by atoms with Gasteiger partial charge < -0.3 is 15.5 Å². The van der Waals surface area contributed by atoms with Crippen LogP contribution in [0.15, 0.2) is 110 Å². The first-order valence-corrected chi connectivity index (χ1v) is 16.4. The van der Waals surface area contributed by atoms with Gasteiger partial charge in [0.15, 0.2) is 11.6 Å². The highest BCUT2D eigenvalue weighted by molar-refractivity contribution is 6.99. The van der Waals surface area contributed by atoms with Crippen LogP contribution < -0.4 is 21.4 Å². The van der Waals surface area contributed by atoms with E-state index in [0.717, 1.165) is 10.4 Å². The molecule has 0 bridgehead atoms. The third-order valence-corrected chi connectivity index (χ3v) is 12.8. The molecule has 0 saturated heterocycles. The number of hydrogen-bond acceptors (Lipinski definition) is 7. The molecular weight excluding hydrogens is 589 g/mol. The van der Waals surface area contributed by atoms with Gasteiger partial charge in [-0.25, -0.2) is 23.7 Å². The van der Waals surface area contributed by atoms with E-state index >= 15 is 0 Å². The number of nitrogens with one attached hydrogen (secondary N) is 1. The normalized spacial score (nSPS) is 12.7. The standard InChI is InChI=1S/C34H33F2N7OSi/c1-34(2,3)45(25-10-6-4-7-11-25,26-12-8-5-9-13-26)44-22-29(28-16-14-23(35)18-38-28)41-32-27(37)19-40-33(42-32)30-20-39-31-17-15-24(36)21-43(30)31/h4-21,29H,22,37H2,1-3H3,(H,40,41,42)/t29-/m1/s1. The van der Waals surface area contributed by atoms with Gasteiger partial charge >= 0.3 is 0 Å². The van der Waals surface area contributed by atoms with Gasteiger partial charge in [-0.05, 0) is 39.7 Å². The van der Waals surface area contributed by atoms with E-state index in [9.17, 15) is 8.78 Å². The van der Waals surface area contributed by atoms with Crippen LogP contribution in [0, 0.1) is 11.6 Å². The van der Waals surface area contributed by atoms with Crippen molar-refractivity contribution in [3.8, 4) is 11.5 Å². The number of nitrogens with two attached hydrogens (primary N) is 1. The summed E-state index contributed by atoms with van der Waals surface area (Å²) >= 11 is 0. The average Bonchev–Trinajstić information content (AvgIpc) is 3.45. The molecule has 0 fully saturated rings. The molecule has 0 aliphatic carbocycles. The maximum absolute atomic E-state index is 14.1. The van der Waals surface area contributed by atoms with Crippen molar-refractivity contribution in [2.75, 3.05) is 17.7 Å². The summed E-state index contributed by atoms with van der Waals surface area (Å²) < 4.78 is 36.9. The minimum atomic E-state index is -2.93. The fourth-order valence-corrected chi connectivity index (χ4v) is 10.3. The van der Waals surface area contributed by atoms with Gasteiger partial charge in [0, 0.05) is 6.20 Å². The summed E-state index contributed by atoms with van der Waals surface area (Å²) in [4.78, 5) is 17.9. The molecule has 4 aromatic heterocycles. The minimum absolute atomic E-state index is 0.172. The van der Waals surface area contributed by atoms with Crippen LogP contribution in [-0.2, 0) is 4.43 Å². The van der Waals surface area contributed by atoms with Crippen molar-refractivity contribution in [3.05, 3.63) is 127 Å². The number of aromatic nitrogens is 5. The van der Waals surface area contributed by atoms with Crippen LogP contribution in [0.3, 0.4) is 0 Å². The molecule has 0 aliphatic rings. The fourth-order valence-electron chi connectivity index (χ4n) is 5.68. The second-order valence-corrected chi connectivity index (χ2v) is 16.1. The summed E-state index contributed by atoms with van der Waals surface area (Å²) in [7, 11) is -2.93. The Hall–Kier alpha value is -5.00. The van der Waals surface area contributed by atoms with Crippen LogP contribution in [0.2, 0.25) is 5.04 Å². The number of hydrogen-bond donors (Lipinski definition) is 2. The molecule has 3 N–H and O–H groups in total. The van der Waals surface area contributed by atoms with Crippen LogP contribution in [0.4, 0.5) is 20.3 Å². The molecule has 0 unspecified atom stereocenters. The van der Waals surface area contributed by atoms with Gasteiger partial charge in [0.1, 0.15) is 23.0 Å². The van der Waals surface area contributed by atoms with E-state index < -0.39 is 26.0 Å². The van der Waals surface area contributed by atoms with E-state index in [1.54, 1.807) is 22.7 Å². The fraction of sp³-hybridized carbons (Fsp3) is 0.176. The highest BCUT2D eigenvalue weighted by Crippen LogP contribution is 2.38. The third-order valence-electron chi connectivity index (χ3n) is 7.82. The van der Waals surface area contributed by atoms with Crippen LogP contribution in [-0.4, -0.2) is 39.3 Å². The summed E-state index contributed by atoms with van der Waals surface area (Å²) in [6.07, 6.45) is 5.57. The lowest BCUT2D eigenvalue weighted by Crippen LogP contribution is -2.67. The number of halogens is 2. The lowest BCUT2D eigenvalue weighted by molar-refractivity contribution is 0.279. The van der Waals surface area contributed by atoms with E-state index in [1.165, 1.54) is 30.7 Å². The molecule has 45 heavy (non-hydrogen) atoms. The largest absolute Gasteiger partial charge is 0.405 e. The SMILES string of the molecule is CC(C)(C)[Si](OC[C@@H](Nc1nc(-c2cnc3ccc(F)cn23)ncc1N)c1ccc(F)cn1)(c1ccccc1)c1ccccc1. The van der Waals surface area contributed by atoms with Crippen LogP contribution in [0.5, 0.6) is 0 Å². The molecule has 228 valence electrons. The smallest absolute Gasteiger partial charge is 0.261 e. The average molecular weight is 622 g/mol. The van der Waals surface area contributed by atoms with Crippen molar-refractivity contribution in [1.82, 2.24) is 24.3 Å². The van der Waals surface area contributed by atoms with Crippen LogP contribution in [0.1, 0.15) is 32.5 Å². The molecule has 0 saturated carbocycles. The van der Waals surface area contributed by atoms with Gasteiger partial charge in [0.2, 0.25) is 0 Å². The number of rotatable bonds is 9. The quantitative estimate of drug-likeness (QED) is 0.198. The zero-order valence-electron chi connectivity index (χ0n) is 25.2. The molecule has 11 heteroatoms. The first kappa shape index (κ1) is 30.0. The van der Waals surface area contributed by atoms with Crippen molar-refractivity contribution in [1.29, 1.82) is 0 Å². The molecule has 0 aliphatic heterocycles. The summed E-state index contributed by atoms with van der Waals surface area (Å²) in [5.74, 6) is -0.246. The number of nitrogens with zero attached hydrogens (tertiary/aromatic N) is 5. The second kappa shape index (κ2) is 12.2. The molecule has 6 rings (SSSR count). The number of fused-ring (bicyclic) bond motifs is 1. The predicted octanol–water partition coefficient (Wildman–Crippen LogP) is 5.78. The number of pyridine rings is 2. The van der Waals surface area contributed by atoms with Crippen molar-refractivity contribution in [2.45, 2.75) is 31.9 Å². The molecule has 0 amide bonds. The van der Waals surface area contributed by atoms with Gasteiger partial charge in [0.25, 0.3) is 8.32 Å². The van der Waals surface area contributed by atoms with E-state index in [0.29, 0.717) is 28.7 Å². The number of nitrogen functional groups attached to an aromatic ring is 1. The number of imidazole rings is 1. The van der Waals surface area contributed by atoms with Gasteiger partial charge in [-0.15, -0.1) is 0 Å². The maximum atomic E-state index is 14.1. The minimum Gasteiger partial charge on any atom is -0.405 e. The van der Waals surface area contributed by atoms with E-state index in [-0.39, 0.29) is 17.3 Å². The van der Waals surface area contributed by atoms with E-state index in [4.69, 9.17) is 15.1 Å². The Bertz CT molecular complexity index is 1870. The highest BCUT2D eigenvalue weighted by Gasteiger charge is 2.50. The van der Waals surface area contributed by atoms with Crippen molar-refractivity contribution in [2.24, 2.45) is 0 Å². The number of benzene rings is 2. The van der Waals surface area contributed by atoms with Crippen LogP contribution in [0.25, 0.3) is 17.2 Å². The van der Waals surface area contributed by atoms with Gasteiger partial charge in [-0.2, -0.15) is 0 Å². The van der Waals surface area contributed by atoms with Crippen molar-refractivity contribution >= 4 is 35.8 Å². The molecule has 8 nitrogen and oxygen atoms in total. The van der Waals surface area contributed by atoms with Gasteiger partial charge in [0.05, 0.1) is 42.6 Å². The molecule has 1 atom stereocenters. The third kappa shape index (κ3) is 5.91. The summed E-state index contributed by atoms with van der Waals surface area (Å²) in [6.45, 7) is 6.77. The Morgan fingerprint density at radius 1 is 0.822 bits per heavy atom. The summed E-state index contributed by atoms with van der Waals surface area (Å²) in [5, 5.41) is 5.38. The lowest BCUT2D eigenvalue weighted by Gasteiger charge is -2.43. The Balaban J connectivity index is 1.41. The molecule has 2 aromatic carbocycles. The molecule has 0 spiro atoms. The zero-order chi connectivity index (χ0) is 31.6. The maximum Gasteiger partial charge on any atom is 0.261 e. The predicted molar refractivity (Wildman–Crippen MR) is 175 cm³/mol. The lowest BCUT2D eigenvalue weighted by atomic mass is 10.2. The zero-order valence-corrected chi connectivity index (χ0v) is 26.2. The summed E-state index contributed by atoms with van der Waals surface area (Å²) in [6, 6.07) is 25.9. The monoisotopic (exact) mass is 621 g/mol. The first-order valence-electron chi connectivity index (χ1n) is 14.5. The van der Waals surface area contributed by atoms with Crippen LogP contribution >= 0.6 is 0 Å². The second-order valence-electron chi connectivity index (χ2n) is 11.8. The summed E-state index contributed by atoms with van der Waals surface area (Å²) in [5.41, 5.74) is 8.26. The van der Waals surface area contributed by atoms with Gasteiger partial charge in [-0.1, -0.05) is 81.4 Å². The Morgan fingerprint density at radius 2 is 1.49 bits per heavy atom. The topological polar surface area (TPSA) is 103 Å². The molecule has 0 radical (unpaired) electrons. The molecule has 4 heterocycles. The Labute approximate surface area is 261 Å². The highest BCUT2D eigenvalue weighted by atomic mass is 28.4. The van der Waals surface area contributed by atoms with Gasteiger partial charge in [-0.3, -0.25) is 9.38 Å². The number of anilines is 2. The molecular formula is C34H33F2N7OSi. The van der Waals surface area contributed by atoms with Crippen molar-refractivity contribution < 1.29 is 13.2 Å². The van der Waals surface area contributed by atoms with E-state index in [2.05, 4.69) is 65.3 Å². The Morgan fingerprint density at radius 3 is 2.11 bits per heavy atom. The Kier molecular flexibility index (Phi) is 8.13. The van der Waals surface area contributed by atoms with Crippen molar-refractivity contribution in [3.63, 3.8) is 0 Å². The van der Waals surface area contributed by atoms with E-state index in [1.807, 2.05) is 36.4 Å². The molecule has 6 aromatic rings. The first-order chi connectivity index (χ1) is 21.7.